The minimum Gasteiger partial charge on any atom is -0.366 e. The lowest BCUT2D eigenvalue weighted by Gasteiger charge is -2.17. The Hall–Kier alpha value is -2.14. The number of aromatic amines is 1. The van der Waals surface area contributed by atoms with Gasteiger partial charge in [0.2, 0.25) is 0 Å². The van der Waals surface area contributed by atoms with Gasteiger partial charge in [0.1, 0.15) is 11.6 Å². The molecule has 0 saturated carbocycles. The van der Waals surface area contributed by atoms with E-state index in [0.717, 1.165) is 6.42 Å². The van der Waals surface area contributed by atoms with E-state index in [1.54, 1.807) is 0 Å². The van der Waals surface area contributed by atoms with E-state index in [1.807, 2.05) is 25.1 Å². The summed E-state index contributed by atoms with van der Waals surface area (Å²) in [5.74, 6) is 1.26. The fraction of sp³-hybridized carbons (Fsp3) is 0.333. The summed E-state index contributed by atoms with van der Waals surface area (Å²) in [4.78, 5) is 18.6. The predicted octanol–water partition coefficient (Wildman–Crippen LogP) is 1.31. The summed E-state index contributed by atoms with van der Waals surface area (Å²) in [5.41, 5.74) is 6.86. The molecule has 1 atom stereocenters. The van der Waals surface area contributed by atoms with Crippen LogP contribution in [0.1, 0.15) is 18.3 Å². The molecule has 5 nitrogen and oxygen atoms in total. The summed E-state index contributed by atoms with van der Waals surface area (Å²) in [6.45, 7) is 2.43. The van der Waals surface area contributed by atoms with E-state index in [9.17, 15) is 4.79 Å². The fourth-order valence-electron chi connectivity index (χ4n) is 2.05. The van der Waals surface area contributed by atoms with Gasteiger partial charge in [-0.2, -0.15) is 0 Å². The second kappa shape index (κ2) is 6.86. The van der Waals surface area contributed by atoms with Crippen molar-refractivity contribution in [3.63, 3.8) is 0 Å². The molecule has 1 aromatic carbocycles. The number of hydrogen-bond donors (Lipinski definition) is 3. The predicted molar refractivity (Wildman–Crippen MR) is 80.8 cm³/mol. The summed E-state index contributed by atoms with van der Waals surface area (Å²) >= 11 is 0. The summed E-state index contributed by atoms with van der Waals surface area (Å²) in [5, 5.41) is 3.24. The molecule has 0 aliphatic heterocycles. The standard InChI is InChI=1S/C15H20N4O/c1-2-13-18-14(9-15(20)19-13)17-12(10-16)8-11-6-4-3-5-7-11/h3-7,9,12H,2,8,10,16H2,1H3,(H2,17,18,19,20). The molecule has 0 spiro atoms. The van der Waals surface area contributed by atoms with E-state index in [2.05, 4.69) is 27.4 Å². The molecule has 0 saturated heterocycles. The van der Waals surface area contributed by atoms with Crippen molar-refractivity contribution in [3.05, 3.63) is 58.1 Å². The van der Waals surface area contributed by atoms with Crippen LogP contribution in [0.4, 0.5) is 5.82 Å². The lowest BCUT2D eigenvalue weighted by molar-refractivity contribution is 0.717. The highest BCUT2D eigenvalue weighted by Gasteiger charge is 2.09. The monoisotopic (exact) mass is 272 g/mol. The number of H-pyrrole nitrogens is 1. The molecule has 2 rings (SSSR count). The third-order valence-electron chi connectivity index (χ3n) is 3.09. The zero-order chi connectivity index (χ0) is 14.4. The first kappa shape index (κ1) is 14.3. The molecule has 0 fully saturated rings. The van der Waals surface area contributed by atoms with Crippen molar-refractivity contribution in [2.75, 3.05) is 11.9 Å². The topological polar surface area (TPSA) is 83.8 Å². The van der Waals surface area contributed by atoms with Gasteiger partial charge in [-0.05, 0) is 12.0 Å². The number of aromatic nitrogens is 2. The molecule has 20 heavy (non-hydrogen) atoms. The smallest absolute Gasteiger partial charge is 0.252 e. The van der Waals surface area contributed by atoms with E-state index < -0.39 is 0 Å². The number of benzene rings is 1. The number of rotatable bonds is 6. The molecule has 0 amide bonds. The van der Waals surface area contributed by atoms with Gasteiger partial charge < -0.3 is 16.0 Å². The van der Waals surface area contributed by atoms with Crippen LogP contribution in [0, 0.1) is 0 Å². The lowest BCUT2D eigenvalue weighted by atomic mass is 10.1. The van der Waals surface area contributed by atoms with Crippen molar-refractivity contribution in [1.29, 1.82) is 0 Å². The third kappa shape index (κ3) is 3.93. The molecule has 0 bridgehead atoms. The number of nitrogens with zero attached hydrogens (tertiary/aromatic N) is 1. The van der Waals surface area contributed by atoms with Crippen LogP contribution in [-0.4, -0.2) is 22.6 Å². The Morgan fingerprint density at radius 1 is 1.35 bits per heavy atom. The first-order valence-electron chi connectivity index (χ1n) is 6.82. The highest BCUT2D eigenvalue weighted by atomic mass is 16.1. The SMILES string of the molecule is CCc1nc(NC(CN)Cc2ccccc2)cc(=O)[nH]1. The van der Waals surface area contributed by atoms with Crippen LogP contribution in [0.2, 0.25) is 0 Å². The Morgan fingerprint density at radius 2 is 2.10 bits per heavy atom. The van der Waals surface area contributed by atoms with Gasteiger partial charge in [0, 0.05) is 25.1 Å². The molecule has 106 valence electrons. The second-order valence-electron chi connectivity index (χ2n) is 4.70. The molecule has 2 aromatic rings. The van der Waals surface area contributed by atoms with Crippen molar-refractivity contribution in [1.82, 2.24) is 9.97 Å². The lowest BCUT2D eigenvalue weighted by Crippen LogP contribution is -2.32. The maximum Gasteiger partial charge on any atom is 0.252 e. The molecular formula is C15H20N4O. The van der Waals surface area contributed by atoms with Crippen molar-refractivity contribution in [2.24, 2.45) is 5.73 Å². The van der Waals surface area contributed by atoms with Gasteiger partial charge >= 0.3 is 0 Å². The second-order valence-corrected chi connectivity index (χ2v) is 4.70. The zero-order valence-corrected chi connectivity index (χ0v) is 11.6. The Morgan fingerprint density at radius 3 is 2.75 bits per heavy atom. The van der Waals surface area contributed by atoms with Crippen molar-refractivity contribution in [2.45, 2.75) is 25.8 Å². The summed E-state index contributed by atoms with van der Waals surface area (Å²) in [6.07, 6.45) is 1.49. The molecular weight excluding hydrogens is 252 g/mol. The number of hydrogen-bond acceptors (Lipinski definition) is 4. The number of nitrogens with two attached hydrogens (primary N) is 1. The number of anilines is 1. The van der Waals surface area contributed by atoms with E-state index >= 15 is 0 Å². The van der Waals surface area contributed by atoms with Crippen LogP contribution in [0.25, 0.3) is 0 Å². The van der Waals surface area contributed by atoms with Gasteiger partial charge in [0.15, 0.2) is 0 Å². The van der Waals surface area contributed by atoms with Gasteiger partial charge in [-0.1, -0.05) is 37.3 Å². The van der Waals surface area contributed by atoms with E-state index in [-0.39, 0.29) is 11.6 Å². The molecule has 0 aliphatic carbocycles. The average Bonchev–Trinajstić information content (AvgIpc) is 2.47. The van der Waals surface area contributed by atoms with Crippen molar-refractivity contribution < 1.29 is 0 Å². The van der Waals surface area contributed by atoms with Crippen LogP contribution in [0.5, 0.6) is 0 Å². The maximum absolute atomic E-state index is 11.5. The number of aryl methyl sites for hydroxylation is 1. The van der Waals surface area contributed by atoms with Crippen molar-refractivity contribution in [3.8, 4) is 0 Å². The third-order valence-corrected chi connectivity index (χ3v) is 3.09. The molecule has 0 radical (unpaired) electrons. The minimum absolute atomic E-state index is 0.0522. The zero-order valence-electron chi connectivity index (χ0n) is 11.6. The molecule has 1 aromatic heterocycles. The van der Waals surface area contributed by atoms with Crippen LogP contribution in [0.3, 0.4) is 0 Å². The first-order chi connectivity index (χ1) is 9.71. The van der Waals surface area contributed by atoms with Crippen LogP contribution < -0.4 is 16.6 Å². The minimum atomic E-state index is -0.144. The Kier molecular flexibility index (Phi) is 4.90. The van der Waals surface area contributed by atoms with Gasteiger partial charge in [-0.25, -0.2) is 4.98 Å². The molecule has 4 N–H and O–H groups in total. The van der Waals surface area contributed by atoms with Crippen LogP contribution in [0.15, 0.2) is 41.2 Å². The summed E-state index contributed by atoms with van der Waals surface area (Å²) in [6, 6.07) is 11.6. The Balaban J connectivity index is 2.10. The van der Waals surface area contributed by atoms with Crippen LogP contribution >= 0.6 is 0 Å². The van der Waals surface area contributed by atoms with E-state index in [0.29, 0.717) is 24.6 Å². The first-order valence-corrected chi connectivity index (χ1v) is 6.82. The highest BCUT2D eigenvalue weighted by Crippen LogP contribution is 2.07. The maximum atomic E-state index is 11.5. The van der Waals surface area contributed by atoms with Gasteiger partial charge in [-0.3, -0.25) is 4.79 Å². The molecule has 1 unspecified atom stereocenters. The molecule has 5 heteroatoms. The van der Waals surface area contributed by atoms with Gasteiger partial charge in [-0.15, -0.1) is 0 Å². The number of nitrogens with one attached hydrogen (secondary N) is 2. The molecule has 1 heterocycles. The normalized spacial score (nSPS) is 12.1. The quantitative estimate of drug-likeness (QED) is 0.740. The fourth-order valence-corrected chi connectivity index (χ4v) is 2.05. The highest BCUT2D eigenvalue weighted by molar-refractivity contribution is 5.35. The Labute approximate surface area is 118 Å². The Bertz CT molecular complexity index is 594. The van der Waals surface area contributed by atoms with E-state index in [1.165, 1.54) is 11.6 Å². The summed E-state index contributed by atoms with van der Waals surface area (Å²) < 4.78 is 0. The van der Waals surface area contributed by atoms with Gasteiger partial charge in [0.25, 0.3) is 5.56 Å². The summed E-state index contributed by atoms with van der Waals surface area (Å²) in [7, 11) is 0. The largest absolute Gasteiger partial charge is 0.366 e. The van der Waals surface area contributed by atoms with E-state index in [4.69, 9.17) is 5.73 Å². The van der Waals surface area contributed by atoms with Crippen LogP contribution in [-0.2, 0) is 12.8 Å². The van der Waals surface area contributed by atoms with Gasteiger partial charge in [0.05, 0.1) is 0 Å². The van der Waals surface area contributed by atoms with Crippen molar-refractivity contribution >= 4 is 5.82 Å². The average molecular weight is 272 g/mol. The molecule has 0 aliphatic rings.